The van der Waals surface area contributed by atoms with E-state index >= 15 is 0 Å². The van der Waals surface area contributed by atoms with Crippen LogP contribution >= 0.6 is 11.6 Å². The van der Waals surface area contributed by atoms with Crippen molar-refractivity contribution in [1.82, 2.24) is 30.5 Å². The van der Waals surface area contributed by atoms with Gasteiger partial charge in [0, 0.05) is 78.5 Å². The highest BCUT2D eigenvalue weighted by Gasteiger charge is 2.29. The first-order chi connectivity index (χ1) is 25.8. The first-order valence-corrected chi connectivity index (χ1v) is 17.9. The van der Waals surface area contributed by atoms with E-state index in [1.807, 2.05) is 19.1 Å². The van der Waals surface area contributed by atoms with E-state index in [9.17, 15) is 14.4 Å². The quantitative estimate of drug-likeness (QED) is 0.119. The summed E-state index contributed by atoms with van der Waals surface area (Å²) in [6.07, 6.45) is 3.72. The van der Waals surface area contributed by atoms with E-state index in [4.69, 9.17) is 35.9 Å². The minimum Gasteiger partial charge on any atom is -0.496 e. The van der Waals surface area contributed by atoms with Gasteiger partial charge in [0.05, 0.1) is 43.8 Å². The summed E-state index contributed by atoms with van der Waals surface area (Å²) >= 11 is 7.05. The molecule has 1 atom stereocenters. The summed E-state index contributed by atoms with van der Waals surface area (Å²) in [4.78, 5) is 53.7. The summed E-state index contributed by atoms with van der Waals surface area (Å²) in [6.45, 7) is 8.51. The lowest BCUT2D eigenvalue weighted by molar-refractivity contribution is -0.119. The summed E-state index contributed by atoms with van der Waals surface area (Å²) in [5.74, 6) is 0.325. The molecule has 0 unspecified atom stereocenters. The van der Waals surface area contributed by atoms with Gasteiger partial charge in [-0.15, -0.1) is 0 Å². The second kappa shape index (κ2) is 17.7. The average molecular weight is 760 g/mol. The van der Waals surface area contributed by atoms with Crippen molar-refractivity contribution < 1.29 is 33.7 Å². The summed E-state index contributed by atoms with van der Waals surface area (Å²) < 4.78 is 16.9. The van der Waals surface area contributed by atoms with Gasteiger partial charge in [-0.05, 0) is 63.9 Å². The van der Waals surface area contributed by atoms with Gasteiger partial charge in [0.25, 0.3) is 5.91 Å². The normalized spacial score (nSPS) is 14.0. The molecular formula is C39H46ClN7O7. The lowest BCUT2D eigenvalue weighted by atomic mass is 10.0. The molecule has 3 amide bonds. The number of aliphatic hydroxyl groups excluding tert-OH is 1. The summed E-state index contributed by atoms with van der Waals surface area (Å²) in [5.41, 5.74) is 4.44. The van der Waals surface area contributed by atoms with Crippen molar-refractivity contribution in [1.29, 1.82) is 0 Å². The zero-order valence-electron chi connectivity index (χ0n) is 31.3. The van der Waals surface area contributed by atoms with Crippen LogP contribution in [0.15, 0.2) is 54.9 Å². The number of hydrogen-bond acceptors (Lipinski definition) is 11. The lowest BCUT2D eigenvalue weighted by Gasteiger charge is -2.29. The van der Waals surface area contributed by atoms with Gasteiger partial charge in [0.15, 0.2) is 0 Å². The molecule has 15 heteroatoms. The summed E-state index contributed by atoms with van der Waals surface area (Å²) in [7, 11) is 3.02. The van der Waals surface area contributed by atoms with Gasteiger partial charge < -0.3 is 40.2 Å². The molecule has 0 spiro atoms. The first-order valence-electron chi connectivity index (χ1n) is 17.5. The van der Waals surface area contributed by atoms with Gasteiger partial charge in [0.1, 0.15) is 17.0 Å². The van der Waals surface area contributed by atoms with Crippen LogP contribution in [0.4, 0.5) is 10.5 Å². The molecule has 1 aromatic carbocycles. The van der Waals surface area contributed by atoms with Crippen molar-refractivity contribution in [3.63, 3.8) is 0 Å². The Morgan fingerprint density at radius 2 is 1.87 bits per heavy atom. The average Bonchev–Trinajstić information content (AvgIpc) is 3.56. The number of amides is 3. The molecule has 1 aliphatic rings. The molecule has 0 radical (unpaired) electrons. The Balaban J connectivity index is 1.39. The van der Waals surface area contributed by atoms with E-state index in [2.05, 4.69) is 25.9 Å². The molecule has 4 aromatic rings. The summed E-state index contributed by atoms with van der Waals surface area (Å²) in [6, 6.07) is 12.2. The number of halogens is 1. The van der Waals surface area contributed by atoms with Crippen molar-refractivity contribution in [3.05, 3.63) is 82.3 Å². The molecule has 286 valence electrons. The predicted octanol–water partition coefficient (Wildman–Crippen LogP) is 5.53. The predicted molar refractivity (Wildman–Crippen MR) is 205 cm³/mol. The minimum atomic E-state index is -0.711. The fourth-order valence-corrected chi connectivity index (χ4v) is 6.30. The Morgan fingerprint density at radius 3 is 2.56 bits per heavy atom. The molecule has 5 rings (SSSR count). The number of aliphatic hydroxyl groups is 1. The minimum absolute atomic E-state index is 0.000907. The molecule has 1 fully saturated rings. The van der Waals surface area contributed by atoms with Crippen LogP contribution in [0.1, 0.15) is 60.8 Å². The molecule has 14 nitrogen and oxygen atoms in total. The molecule has 4 heterocycles. The number of ether oxygens (including phenoxy) is 3. The van der Waals surface area contributed by atoms with E-state index in [1.165, 1.54) is 14.2 Å². The van der Waals surface area contributed by atoms with Crippen LogP contribution in [0.5, 0.6) is 11.6 Å². The number of anilines is 1. The standard InChI is InChI=1S/C39H46ClN7O7/c1-23-27(8-7-9-29(23)45-36(50)31-18-32(52-5)25(20-43-31)19-41-16-17-48)35-34(40)28(14-15-42-35)30-12-10-24(37(46-30)53-6)21-47(38(51)54-39(2,3)4)22-26-11-13-33(49)44-26/h7-10,12,14-15,18,20,26,41,48H,11,13,16-17,19,21-22H2,1-6H3,(H,44,49)(H,45,50)/t26-/m0/s1. The number of benzene rings is 1. The van der Waals surface area contributed by atoms with Crippen molar-refractivity contribution >= 4 is 35.2 Å². The maximum atomic E-state index is 13.3. The smallest absolute Gasteiger partial charge is 0.410 e. The maximum Gasteiger partial charge on any atom is 0.410 e. The van der Waals surface area contributed by atoms with Crippen molar-refractivity contribution in [2.24, 2.45) is 0 Å². The van der Waals surface area contributed by atoms with Crippen LogP contribution in [0.2, 0.25) is 5.02 Å². The summed E-state index contributed by atoms with van der Waals surface area (Å²) in [5, 5.41) is 18.3. The molecule has 0 aliphatic carbocycles. The molecule has 4 N–H and O–H groups in total. The Morgan fingerprint density at radius 1 is 1.07 bits per heavy atom. The maximum absolute atomic E-state index is 13.3. The fourth-order valence-electron chi connectivity index (χ4n) is 5.99. The molecule has 3 aromatic heterocycles. The van der Waals surface area contributed by atoms with E-state index in [0.29, 0.717) is 76.3 Å². The molecule has 54 heavy (non-hydrogen) atoms. The molecule has 0 saturated carbocycles. The number of nitrogens with one attached hydrogen (secondary N) is 3. The van der Waals surface area contributed by atoms with Crippen LogP contribution in [-0.4, -0.2) is 88.4 Å². The van der Waals surface area contributed by atoms with E-state index < -0.39 is 17.6 Å². The highest BCUT2D eigenvalue weighted by atomic mass is 35.5. The number of pyridine rings is 3. The van der Waals surface area contributed by atoms with Crippen LogP contribution < -0.4 is 25.4 Å². The third-order valence-electron chi connectivity index (χ3n) is 8.67. The fraction of sp³-hybridized carbons (Fsp3) is 0.385. The van der Waals surface area contributed by atoms with Crippen molar-refractivity contribution in [2.75, 3.05) is 39.2 Å². The van der Waals surface area contributed by atoms with Gasteiger partial charge >= 0.3 is 6.09 Å². The lowest BCUT2D eigenvalue weighted by Crippen LogP contribution is -2.43. The Hall–Kier alpha value is -5.31. The third-order valence-corrected chi connectivity index (χ3v) is 9.06. The molecule has 0 bridgehead atoms. The Kier molecular flexibility index (Phi) is 13.1. The Labute approximate surface area is 319 Å². The van der Waals surface area contributed by atoms with Crippen molar-refractivity contribution in [3.8, 4) is 34.1 Å². The van der Waals surface area contributed by atoms with Gasteiger partial charge in [-0.25, -0.2) is 9.78 Å². The number of rotatable bonds is 14. The molecule has 1 saturated heterocycles. The Bertz CT molecular complexity index is 2000. The third kappa shape index (κ3) is 9.81. The second-order valence-electron chi connectivity index (χ2n) is 13.8. The number of carbonyl (C=O) groups is 3. The SMILES string of the molecule is COc1cc(C(=O)Nc2cccc(-c3nccc(-c4ccc(CN(C[C@@H]5CCC(=O)N5)C(=O)OC(C)(C)C)c(OC)n4)c3Cl)c2C)ncc1CNCCO. The topological polar surface area (TPSA) is 177 Å². The number of methoxy groups -OCH3 is 2. The largest absolute Gasteiger partial charge is 0.496 e. The molecular weight excluding hydrogens is 714 g/mol. The highest BCUT2D eigenvalue weighted by Crippen LogP contribution is 2.38. The number of aromatic nitrogens is 3. The zero-order valence-corrected chi connectivity index (χ0v) is 32.0. The van der Waals surface area contributed by atoms with E-state index in [1.54, 1.807) is 68.4 Å². The van der Waals surface area contributed by atoms with E-state index in [-0.39, 0.29) is 37.3 Å². The second-order valence-corrected chi connectivity index (χ2v) is 14.1. The van der Waals surface area contributed by atoms with Gasteiger partial charge in [-0.1, -0.05) is 23.7 Å². The van der Waals surface area contributed by atoms with Crippen LogP contribution in [0.3, 0.4) is 0 Å². The van der Waals surface area contributed by atoms with Gasteiger partial charge in [-0.3, -0.25) is 19.6 Å². The first kappa shape index (κ1) is 39.9. The number of carbonyl (C=O) groups excluding carboxylic acids is 3. The van der Waals surface area contributed by atoms with Crippen LogP contribution in [0.25, 0.3) is 22.5 Å². The van der Waals surface area contributed by atoms with Crippen LogP contribution in [-0.2, 0) is 22.6 Å². The monoisotopic (exact) mass is 759 g/mol. The zero-order chi connectivity index (χ0) is 39.0. The van der Waals surface area contributed by atoms with Crippen molar-refractivity contribution in [2.45, 2.75) is 65.3 Å². The number of hydrogen-bond donors (Lipinski definition) is 4. The van der Waals surface area contributed by atoms with Gasteiger partial charge in [0.2, 0.25) is 11.8 Å². The van der Waals surface area contributed by atoms with Crippen LogP contribution in [0, 0.1) is 6.92 Å². The molecule has 1 aliphatic heterocycles. The van der Waals surface area contributed by atoms with Gasteiger partial charge in [-0.2, -0.15) is 0 Å². The number of nitrogens with zero attached hydrogens (tertiary/aromatic N) is 4. The highest BCUT2D eigenvalue weighted by molar-refractivity contribution is 6.35. The van der Waals surface area contributed by atoms with E-state index in [0.717, 1.165) is 11.1 Å².